The number of hydrogen-bond acceptors (Lipinski definition) is 3. The van der Waals surface area contributed by atoms with E-state index in [2.05, 4.69) is 49.7 Å². The van der Waals surface area contributed by atoms with Gasteiger partial charge in [-0.25, -0.2) is 4.98 Å². The molecule has 0 radical (unpaired) electrons. The molecule has 0 aliphatic heterocycles. The van der Waals surface area contributed by atoms with Crippen LogP contribution in [0.5, 0.6) is 5.75 Å². The van der Waals surface area contributed by atoms with Crippen LogP contribution in [0.15, 0.2) is 41.4 Å². The minimum Gasteiger partial charge on any atom is -0.481 e. The summed E-state index contributed by atoms with van der Waals surface area (Å²) in [6, 6.07) is 5.95. The third-order valence-electron chi connectivity index (χ3n) is 3.22. The predicted octanol–water partition coefficient (Wildman–Crippen LogP) is 3.08. The van der Waals surface area contributed by atoms with Gasteiger partial charge in [-0.15, -0.1) is 6.42 Å². The number of hydrogen-bond donors (Lipinski definition) is 1. The molecule has 1 aromatic heterocycles. The van der Waals surface area contributed by atoms with Gasteiger partial charge in [0.1, 0.15) is 12.4 Å². The van der Waals surface area contributed by atoms with Crippen molar-refractivity contribution in [1.29, 1.82) is 0 Å². The van der Waals surface area contributed by atoms with Gasteiger partial charge in [0, 0.05) is 35.5 Å². The van der Waals surface area contributed by atoms with E-state index in [1.165, 1.54) is 0 Å². The summed E-state index contributed by atoms with van der Waals surface area (Å²) >= 11 is 3.49. The van der Waals surface area contributed by atoms with Crippen LogP contribution in [0.4, 0.5) is 0 Å². The number of halogens is 1. The molecule has 0 bridgehead atoms. The van der Waals surface area contributed by atoms with Gasteiger partial charge in [-0.1, -0.05) is 28.8 Å². The zero-order valence-corrected chi connectivity index (χ0v) is 14.2. The highest BCUT2D eigenvalue weighted by molar-refractivity contribution is 9.10. The van der Waals surface area contributed by atoms with Crippen molar-refractivity contribution in [2.45, 2.75) is 20.0 Å². The fourth-order valence-corrected chi connectivity index (χ4v) is 2.63. The van der Waals surface area contributed by atoms with E-state index in [0.29, 0.717) is 5.92 Å². The number of aromatic nitrogens is 2. The van der Waals surface area contributed by atoms with Gasteiger partial charge >= 0.3 is 0 Å². The lowest BCUT2D eigenvalue weighted by Gasteiger charge is -2.15. The maximum Gasteiger partial charge on any atom is 0.148 e. The first kappa shape index (κ1) is 16.6. The summed E-state index contributed by atoms with van der Waals surface area (Å²) in [7, 11) is 0. The topological polar surface area (TPSA) is 39.1 Å². The smallest absolute Gasteiger partial charge is 0.148 e. The number of ether oxygens (including phenoxy) is 1. The van der Waals surface area contributed by atoms with Crippen LogP contribution in [0.3, 0.4) is 0 Å². The molecule has 0 amide bonds. The van der Waals surface area contributed by atoms with E-state index in [1.54, 1.807) is 6.20 Å². The number of nitrogens with one attached hydrogen (secondary N) is 1. The molecule has 1 N–H and O–H groups in total. The van der Waals surface area contributed by atoms with Crippen molar-refractivity contribution in [3.05, 3.63) is 47.0 Å². The van der Waals surface area contributed by atoms with Crippen LogP contribution in [0, 0.1) is 18.3 Å². The van der Waals surface area contributed by atoms with Gasteiger partial charge in [0.15, 0.2) is 0 Å². The van der Waals surface area contributed by atoms with E-state index in [4.69, 9.17) is 11.2 Å². The molecule has 1 unspecified atom stereocenters. The Morgan fingerprint density at radius 1 is 1.50 bits per heavy atom. The van der Waals surface area contributed by atoms with Gasteiger partial charge < -0.3 is 14.6 Å². The number of terminal acetylenes is 1. The van der Waals surface area contributed by atoms with E-state index >= 15 is 0 Å². The second kappa shape index (κ2) is 8.62. The third-order valence-corrected chi connectivity index (χ3v) is 3.72. The number of benzene rings is 1. The van der Waals surface area contributed by atoms with Crippen LogP contribution in [0.25, 0.3) is 0 Å². The maximum atomic E-state index is 5.57. The molecule has 1 atom stereocenters. The first-order valence-corrected chi connectivity index (χ1v) is 7.99. The molecule has 4 nitrogen and oxygen atoms in total. The average Bonchev–Trinajstić information content (AvgIpc) is 2.99. The molecule has 0 aliphatic carbocycles. The van der Waals surface area contributed by atoms with Crippen LogP contribution in [-0.4, -0.2) is 22.7 Å². The SMILES string of the molecule is C#CCOc1ccc(Br)cc1CNCC(C)Cn1ccnc1. The molecule has 2 aromatic rings. The van der Waals surface area contributed by atoms with Gasteiger partial charge in [0.05, 0.1) is 6.33 Å². The van der Waals surface area contributed by atoms with Gasteiger partial charge in [0.2, 0.25) is 0 Å². The Bertz CT molecular complexity index is 619. The van der Waals surface area contributed by atoms with Gasteiger partial charge in [-0.3, -0.25) is 0 Å². The van der Waals surface area contributed by atoms with Crippen molar-refractivity contribution >= 4 is 15.9 Å². The summed E-state index contributed by atoms with van der Waals surface area (Å²) in [5.41, 5.74) is 1.10. The minimum atomic E-state index is 0.283. The monoisotopic (exact) mass is 361 g/mol. The summed E-state index contributed by atoms with van der Waals surface area (Å²) in [6.45, 7) is 5.11. The first-order chi connectivity index (χ1) is 10.7. The zero-order valence-electron chi connectivity index (χ0n) is 12.6. The average molecular weight is 362 g/mol. The fourth-order valence-electron chi connectivity index (χ4n) is 2.22. The van der Waals surface area contributed by atoms with Gasteiger partial charge in [-0.05, 0) is 30.7 Å². The lowest BCUT2D eigenvalue weighted by molar-refractivity contribution is 0.363. The van der Waals surface area contributed by atoms with Crippen LogP contribution < -0.4 is 10.1 Å². The van der Waals surface area contributed by atoms with Crippen LogP contribution in [0.1, 0.15) is 12.5 Å². The molecular weight excluding hydrogens is 342 g/mol. The summed E-state index contributed by atoms with van der Waals surface area (Å²) in [6.07, 6.45) is 10.9. The van der Waals surface area contributed by atoms with Crippen molar-refractivity contribution in [2.24, 2.45) is 5.92 Å². The van der Waals surface area contributed by atoms with Crippen LogP contribution in [0.2, 0.25) is 0 Å². The molecule has 1 aromatic carbocycles. The van der Waals surface area contributed by atoms with Gasteiger partial charge in [-0.2, -0.15) is 0 Å². The molecule has 116 valence electrons. The lowest BCUT2D eigenvalue weighted by Crippen LogP contribution is -2.23. The first-order valence-electron chi connectivity index (χ1n) is 7.20. The van der Waals surface area contributed by atoms with E-state index in [-0.39, 0.29) is 6.61 Å². The van der Waals surface area contributed by atoms with Crippen LogP contribution >= 0.6 is 15.9 Å². The normalized spacial score (nSPS) is 11.9. The summed E-state index contributed by atoms with van der Waals surface area (Å²) in [5.74, 6) is 3.83. The number of nitrogens with zero attached hydrogens (tertiary/aromatic N) is 2. The highest BCUT2D eigenvalue weighted by atomic mass is 79.9. The number of rotatable bonds is 8. The summed E-state index contributed by atoms with van der Waals surface area (Å²) in [5, 5.41) is 3.47. The highest BCUT2D eigenvalue weighted by Gasteiger charge is 2.07. The third kappa shape index (κ3) is 5.21. The zero-order chi connectivity index (χ0) is 15.8. The quantitative estimate of drug-likeness (QED) is 0.734. The molecule has 0 aliphatic rings. The Morgan fingerprint density at radius 2 is 2.36 bits per heavy atom. The van der Waals surface area contributed by atoms with Crippen LogP contribution in [-0.2, 0) is 13.1 Å². The molecule has 0 saturated heterocycles. The minimum absolute atomic E-state index is 0.283. The molecule has 1 heterocycles. The summed E-state index contributed by atoms with van der Waals surface area (Å²) in [4.78, 5) is 4.06. The highest BCUT2D eigenvalue weighted by Crippen LogP contribution is 2.23. The van der Waals surface area contributed by atoms with Gasteiger partial charge in [0.25, 0.3) is 0 Å². The van der Waals surface area contributed by atoms with Crippen molar-refractivity contribution in [1.82, 2.24) is 14.9 Å². The van der Waals surface area contributed by atoms with Crippen molar-refractivity contribution in [3.63, 3.8) is 0 Å². The molecular formula is C17H20BrN3O. The molecule has 0 saturated carbocycles. The van der Waals surface area contributed by atoms with Crippen molar-refractivity contribution in [2.75, 3.05) is 13.2 Å². The molecule has 0 spiro atoms. The second-order valence-corrected chi connectivity index (χ2v) is 6.16. The largest absolute Gasteiger partial charge is 0.481 e. The maximum absolute atomic E-state index is 5.57. The fraction of sp³-hybridized carbons (Fsp3) is 0.353. The Labute approximate surface area is 140 Å². The summed E-state index contributed by atoms with van der Waals surface area (Å²) < 4.78 is 8.70. The predicted molar refractivity (Wildman–Crippen MR) is 91.6 cm³/mol. The van der Waals surface area contributed by atoms with E-state index in [9.17, 15) is 0 Å². The molecule has 2 rings (SSSR count). The lowest BCUT2D eigenvalue weighted by atomic mass is 10.1. The van der Waals surface area contributed by atoms with Crippen molar-refractivity contribution < 1.29 is 4.74 Å². The Morgan fingerprint density at radius 3 is 3.09 bits per heavy atom. The molecule has 0 fully saturated rings. The van der Waals surface area contributed by atoms with E-state index in [1.807, 2.05) is 24.7 Å². The Kier molecular flexibility index (Phi) is 6.50. The Balaban J connectivity index is 1.85. The molecule has 5 heteroatoms. The van der Waals surface area contributed by atoms with E-state index in [0.717, 1.165) is 35.4 Å². The molecule has 22 heavy (non-hydrogen) atoms. The van der Waals surface area contributed by atoms with E-state index < -0.39 is 0 Å². The second-order valence-electron chi connectivity index (χ2n) is 5.24. The number of imidazole rings is 1. The standard InChI is InChI=1S/C17H20BrN3O/c1-3-8-22-17-5-4-16(18)9-15(17)11-20-10-14(2)12-21-7-6-19-13-21/h1,4-7,9,13-14,20H,8,10-12H2,2H3. The van der Waals surface area contributed by atoms with Crippen molar-refractivity contribution in [3.8, 4) is 18.1 Å². The Hall–Kier alpha value is -1.77.